The van der Waals surface area contributed by atoms with Gasteiger partial charge in [0, 0.05) is 26.1 Å². The third-order valence-corrected chi connectivity index (χ3v) is 8.14. The zero-order chi connectivity index (χ0) is 25.4. The van der Waals surface area contributed by atoms with E-state index in [1.54, 1.807) is 42.3 Å². The van der Waals surface area contributed by atoms with Gasteiger partial charge in [-0.25, -0.2) is 13.1 Å². The van der Waals surface area contributed by atoms with Crippen LogP contribution in [0.1, 0.15) is 45.1 Å². The van der Waals surface area contributed by atoms with Crippen LogP contribution in [0.15, 0.2) is 65.6 Å². The van der Waals surface area contributed by atoms with Crippen molar-refractivity contribution < 1.29 is 18.0 Å². The number of hydrogen-bond donors (Lipinski definition) is 2. The Balaban J connectivity index is 1.49. The van der Waals surface area contributed by atoms with Crippen LogP contribution in [0.25, 0.3) is 0 Å². The minimum Gasteiger partial charge on any atom is -0.344 e. The van der Waals surface area contributed by atoms with Gasteiger partial charge in [-0.1, -0.05) is 62.4 Å². The highest BCUT2D eigenvalue weighted by Crippen LogP contribution is 2.29. The summed E-state index contributed by atoms with van der Waals surface area (Å²) in [6, 6.07) is 17.5. The molecule has 0 bridgehead atoms. The van der Waals surface area contributed by atoms with Crippen molar-refractivity contribution in [1.29, 1.82) is 0 Å². The minimum atomic E-state index is -3.53. The minimum absolute atomic E-state index is 0.0339. The van der Waals surface area contributed by atoms with Gasteiger partial charge in [0.1, 0.15) is 6.04 Å². The van der Waals surface area contributed by atoms with Gasteiger partial charge in [0.25, 0.3) is 0 Å². The van der Waals surface area contributed by atoms with Gasteiger partial charge in [0.2, 0.25) is 21.8 Å². The summed E-state index contributed by atoms with van der Waals surface area (Å²) in [4.78, 5) is 28.0. The third-order valence-electron chi connectivity index (χ3n) is 6.70. The lowest BCUT2D eigenvalue weighted by molar-refractivity contribution is -0.138. The Kier molecular flexibility index (Phi) is 9.46. The molecule has 35 heavy (non-hydrogen) atoms. The molecule has 190 valence electrons. The van der Waals surface area contributed by atoms with Crippen molar-refractivity contribution in [1.82, 2.24) is 14.9 Å². The van der Waals surface area contributed by atoms with E-state index < -0.39 is 16.1 Å². The van der Waals surface area contributed by atoms with Crippen LogP contribution >= 0.6 is 0 Å². The van der Waals surface area contributed by atoms with Gasteiger partial charge >= 0.3 is 0 Å². The second kappa shape index (κ2) is 12.3. The van der Waals surface area contributed by atoms with Gasteiger partial charge in [0.05, 0.1) is 4.90 Å². The fraction of sp³-hybridized carbons (Fsp3) is 0.481. The van der Waals surface area contributed by atoms with Crippen LogP contribution in [0, 0.1) is 17.8 Å². The lowest BCUT2D eigenvalue weighted by Crippen LogP contribution is -2.51. The summed E-state index contributed by atoms with van der Waals surface area (Å²) in [7, 11) is -1.76. The van der Waals surface area contributed by atoms with Crippen molar-refractivity contribution >= 4 is 21.8 Å². The molecule has 1 saturated carbocycles. The monoisotopic (exact) mass is 499 g/mol. The molecule has 1 aliphatic carbocycles. The first-order valence-electron chi connectivity index (χ1n) is 12.3. The predicted molar refractivity (Wildman–Crippen MR) is 137 cm³/mol. The van der Waals surface area contributed by atoms with E-state index in [4.69, 9.17) is 0 Å². The summed E-state index contributed by atoms with van der Waals surface area (Å²) in [5.41, 5.74) is 1.04. The molecule has 3 rings (SSSR count). The van der Waals surface area contributed by atoms with E-state index >= 15 is 0 Å². The number of nitrogens with one attached hydrogen (secondary N) is 2. The number of likely N-dealkylation sites (N-methyl/N-ethyl adjacent to an activating group) is 1. The lowest BCUT2D eigenvalue weighted by atomic mass is 9.81. The number of carbonyl (C=O) groups is 2. The second-order valence-corrected chi connectivity index (χ2v) is 11.6. The molecule has 2 aromatic carbocycles. The molecule has 7 nitrogen and oxygen atoms in total. The molecule has 0 saturated heterocycles. The van der Waals surface area contributed by atoms with Crippen LogP contribution in [0.5, 0.6) is 0 Å². The molecule has 1 atom stereocenters. The van der Waals surface area contributed by atoms with Gasteiger partial charge in [0.15, 0.2) is 0 Å². The topological polar surface area (TPSA) is 95.6 Å². The van der Waals surface area contributed by atoms with Crippen LogP contribution in [0.4, 0.5) is 0 Å². The highest BCUT2D eigenvalue weighted by atomic mass is 32.2. The summed E-state index contributed by atoms with van der Waals surface area (Å²) >= 11 is 0. The average molecular weight is 500 g/mol. The molecule has 0 radical (unpaired) electrons. The van der Waals surface area contributed by atoms with Gasteiger partial charge in [-0.2, -0.15) is 0 Å². The molecule has 2 amide bonds. The Morgan fingerprint density at radius 2 is 1.51 bits per heavy atom. The van der Waals surface area contributed by atoms with Crippen LogP contribution < -0.4 is 10.0 Å². The Bertz CT molecular complexity index is 1070. The molecular formula is C27H37N3O4S. The molecule has 1 aliphatic rings. The Hall–Kier alpha value is -2.71. The summed E-state index contributed by atoms with van der Waals surface area (Å²) in [6.45, 7) is 4.73. The van der Waals surface area contributed by atoms with E-state index in [0.29, 0.717) is 25.9 Å². The maximum absolute atomic E-state index is 13.1. The standard InChI is InChI=1S/C27H37N3O4S/c1-20(2)25(27(32)30(3)19-22-10-6-4-7-11-22)29-26(31)23-16-14-21(15-17-23)18-28-35(33,34)24-12-8-5-9-13-24/h4-13,20-21,23,25,28H,14-19H2,1-3H3,(H,29,31)/t21?,23?,25-/m1/s1. The number of rotatable bonds is 10. The zero-order valence-corrected chi connectivity index (χ0v) is 21.6. The first kappa shape index (κ1) is 26.9. The smallest absolute Gasteiger partial charge is 0.245 e. The van der Waals surface area contributed by atoms with Gasteiger partial charge in [-0.15, -0.1) is 0 Å². The van der Waals surface area contributed by atoms with E-state index in [9.17, 15) is 18.0 Å². The van der Waals surface area contributed by atoms with E-state index in [-0.39, 0.29) is 34.5 Å². The second-order valence-electron chi connectivity index (χ2n) is 9.79. The van der Waals surface area contributed by atoms with Crippen molar-refractivity contribution in [3.63, 3.8) is 0 Å². The quantitative estimate of drug-likeness (QED) is 0.522. The maximum Gasteiger partial charge on any atom is 0.245 e. The Morgan fingerprint density at radius 1 is 0.943 bits per heavy atom. The number of benzene rings is 2. The molecule has 0 spiro atoms. The highest BCUT2D eigenvalue weighted by molar-refractivity contribution is 7.89. The summed E-state index contributed by atoms with van der Waals surface area (Å²) in [5.74, 6) is -0.189. The first-order valence-corrected chi connectivity index (χ1v) is 13.8. The zero-order valence-electron chi connectivity index (χ0n) is 20.8. The molecule has 1 fully saturated rings. The van der Waals surface area contributed by atoms with Gasteiger partial charge < -0.3 is 10.2 Å². The van der Waals surface area contributed by atoms with Crippen molar-refractivity contribution in [2.24, 2.45) is 17.8 Å². The average Bonchev–Trinajstić information content (AvgIpc) is 2.86. The fourth-order valence-electron chi connectivity index (χ4n) is 4.50. The third kappa shape index (κ3) is 7.64. The van der Waals surface area contributed by atoms with Crippen LogP contribution in [-0.2, 0) is 26.2 Å². The molecule has 2 aromatic rings. The SMILES string of the molecule is CC(C)[C@@H](NC(=O)C1CCC(CNS(=O)(=O)c2ccccc2)CC1)C(=O)N(C)Cc1ccccc1. The normalized spacial score (nSPS) is 19.2. The summed E-state index contributed by atoms with van der Waals surface area (Å²) in [5, 5.41) is 3.00. The summed E-state index contributed by atoms with van der Waals surface area (Å²) < 4.78 is 27.6. The number of carbonyl (C=O) groups excluding carboxylic acids is 2. The highest BCUT2D eigenvalue weighted by Gasteiger charge is 2.32. The number of amides is 2. The van der Waals surface area contributed by atoms with Gasteiger partial charge in [-0.3, -0.25) is 9.59 Å². The molecule has 0 aliphatic heterocycles. The Labute approximate surface area is 209 Å². The predicted octanol–water partition coefficient (Wildman–Crippen LogP) is 3.57. The van der Waals surface area contributed by atoms with Crippen LogP contribution in [0.3, 0.4) is 0 Å². The van der Waals surface area contributed by atoms with Crippen LogP contribution in [0.2, 0.25) is 0 Å². The van der Waals surface area contributed by atoms with Crippen molar-refractivity contribution in [3.8, 4) is 0 Å². The van der Waals surface area contributed by atoms with E-state index in [2.05, 4.69) is 10.0 Å². The molecular weight excluding hydrogens is 462 g/mol. The summed E-state index contributed by atoms with van der Waals surface area (Å²) in [6.07, 6.45) is 2.90. The largest absolute Gasteiger partial charge is 0.344 e. The molecule has 8 heteroatoms. The van der Waals surface area contributed by atoms with E-state index in [0.717, 1.165) is 18.4 Å². The molecule has 0 aromatic heterocycles. The first-order chi connectivity index (χ1) is 16.7. The number of sulfonamides is 1. The van der Waals surface area contributed by atoms with E-state index in [1.165, 1.54) is 0 Å². The maximum atomic E-state index is 13.1. The molecule has 0 heterocycles. The number of nitrogens with zero attached hydrogens (tertiary/aromatic N) is 1. The molecule has 2 N–H and O–H groups in total. The van der Waals surface area contributed by atoms with Gasteiger partial charge in [-0.05, 0) is 55.2 Å². The number of hydrogen-bond acceptors (Lipinski definition) is 4. The molecule has 0 unspecified atom stereocenters. The van der Waals surface area contributed by atoms with Crippen LogP contribution in [-0.4, -0.2) is 44.8 Å². The fourth-order valence-corrected chi connectivity index (χ4v) is 5.63. The van der Waals surface area contributed by atoms with E-state index in [1.807, 2.05) is 44.2 Å². The lowest BCUT2D eigenvalue weighted by Gasteiger charge is -2.31. The van der Waals surface area contributed by atoms with Crippen molar-refractivity contribution in [3.05, 3.63) is 66.2 Å². The van der Waals surface area contributed by atoms with Crippen molar-refractivity contribution in [2.45, 2.75) is 57.0 Å². The Morgan fingerprint density at radius 3 is 2.09 bits per heavy atom. The van der Waals surface area contributed by atoms with Crippen molar-refractivity contribution in [2.75, 3.05) is 13.6 Å².